The van der Waals surface area contributed by atoms with Gasteiger partial charge in [0.05, 0.1) is 5.56 Å². The maximum Gasteiger partial charge on any atom is 0.416 e. The molecule has 1 aromatic carbocycles. The molecule has 0 radical (unpaired) electrons. The fourth-order valence-electron chi connectivity index (χ4n) is 1.66. The summed E-state index contributed by atoms with van der Waals surface area (Å²) in [5.74, 6) is 0. The van der Waals surface area contributed by atoms with E-state index in [4.69, 9.17) is 5.73 Å². The number of aryl methyl sites for hydroxylation is 1. The van der Waals surface area contributed by atoms with Crippen LogP contribution in [0.2, 0.25) is 0 Å². The van der Waals surface area contributed by atoms with Crippen LogP contribution in [0.5, 0.6) is 0 Å². The lowest BCUT2D eigenvalue weighted by Gasteiger charge is -2.14. The van der Waals surface area contributed by atoms with Crippen LogP contribution in [0.15, 0.2) is 18.2 Å². The summed E-state index contributed by atoms with van der Waals surface area (Å²) in [7, 11) is 3.79. The van der Waals surface area contributed by atoms with Gasteiger partial charge in [-0.25, -0.2) is 0 Å². The van der Waals surface area contributed by atoms with Crippen molar-refractivity contribution in [1.82, 2.24) is 4.90 Å². The molecule has 0 heterocycles. The van der Waals surface area contributed by atoms with Crippen molar-refractivity contribution >= 4 is 5.69 Å². The summed E-state index contributed by atoms with van der Waals surface area (Å²) in [4.78, 5) is 1.95. The van der Waals surface area contributed by atoms with Gasteiger partial charge in [0.25, 0.3) is 0 Å². The zero-order valence-electron chi connectivity index (χ0n) is 10.0. The zero-order valence-corrected chi connectivity index (χ0v) is 10.0. The largest absolute Gasteiger partial charge is 0.416 e. The van der Waals surface area contributed by atoms with Crippen LogP contribution < -0.4 is 5.73 Å². The number of hydrogen-bond donors (Lipinski definition) is 1. The second kappa shape index (κ2) is 5.40. The smallest absolute Gasteiger partial charge is 0.399 e. The number of anilines is 1. The molecule has 0 unspecified atom stereocenters. The van der Waals surface area contributed by atoms with Crippen LogP contribution in [0.3, 0.4) is 0 Å². The van der Waals surface area contributed by atoms with Crippen molar-refractivity contribution in [3.63, 3.8) is 0 Å². The van der Waals surface area contributed by atoms with Gasteiger partial charge in [0.1, 0.15) is 0 Å². The molecule has 96 valence electrons. The average molecular weight is 246 g/mol. The fraction of sp³-hybridized carbons (Fsp3) is 0.500. The molecule has 2 nitrogen and oxygen atoms in total. The molecule has 2 N–H and O–H groups in total. The second-order valence-electron chi connectivity index (χ2n) is 4.32. The third-order valence-corrected chi connectivity index (χ3v) is 2.49. The molecule has 0 aromatic heterocycles. The Hall–Kier alpha value is -1.23. The molecule has 0 spiro atoms. The van der Waals surface area contributed by atoms with Gasteiger partial charge < -0.3 is 10.6 Å². The number of alkyl halides is 3. The van der Waals surface area contributed by atoms with E-state index >= 15 is 0 Å². The van der Waals surface area contributed by atoms with Crippen LogP contribution in [-0.4, -0.2) is 25.5 Å². The van der Waals surface area contributed by atoms with Gasteiger partial charge in [0, 0.05) is 5.69 Å². The number of nitrogen functional groups attached to an aromatic ring is 1. The minimum Gasteiger partial charge on any atom is -0.399 e. The first-order chi connectivity index (χ1) is 7.80. The molecule has 0 aliphatic heterocycles. The zero-order chi connectivity index (χ0) is 13.1. The van der Waals surface area contributed by atoms with Crippen molar-refractivity contribution < 1.29 is 13.2 Å². The maximum atomic E-state index is 12.7. The van der Waals surface area contributed by atoms with Crippen LogP contribution in [-0.2, 0) is 12.6 Å². The normalized spacial score (nSPS) is 12.1. The number of rotatable bonds is 4. The van der Waals surface area contributed by atoms with Crippen LogP contribution in [0.25, 0.3) is 0 Å². The van der Waals surface area contributed by atoms with Gasteiger partial charge in [-0.3, -0.25) is 0 Å². The van der Waals surface area contributed by atoms with E-state index in [1.807, 2.05) is 19.0 Å². The highest BCUT2D eigenvalue weighted by Crippen LogP contribution is 2.33. The molecule has 1 rings (SSSR count). The summed E-state index contributed by atoms with van der Waals surface area (Å²) in [5.41, 5.74) is 5.24. The van der Waals surface area contributed by atoms with Gasteiger partial charge in [-0.15, -0.1) is 0 Å². The van der Waals surface area contributed by atoms with Crippen LogP contribution >= 0.6 is 0 Å². The SMILES string of the molecule is CN(C)CCCc1ccc(N)cc1C(F)(F)F. The first-order valence-corrected chi connectivity index (χ1v) is 5.41. The summed E-state index contributed by atoms with van der Waals surface area (Å²) in [6.45, 7) is 0.766. The van der Waals surface area contributed by atoms with Gasteiger partial charge >= 0.3 is 6.18 Å². The summed E-state index contributed by atoms with van der Waals surface area (Å²) in [6.07, 6.45) is -3.23. The van der Waals surface area contributed by atoms with Gasteiger partial charge in [0.15, 0.2) is 0 Å². The van der Waals surface area contributed by atoms with E-state index in [1.54, 1.807) is 0 Å². The van der Waals surface area contributed by atoms with E-state index in [0.29, 0.717) is 18.4 Å². The lowest BCUT2D eigenvalue weighted by molar-refractivity contribution is -0.138. The molecule has 0 amide bonds. The van der Waals surface area contributed by atoms with E-state index in [9.17, 15) is 13.2 Å². The van der Waals surface area contributed by atoms with Crippen molar-refractivity contribution in [2.75, 3.05) is 26.4 Å². The number of nitrogens with two attached hydrogens (primary N) is 1. The van der Waals surface area contributed by atoms with Gasteiger partial charge in [0.2, 0.25) is 0 Å². The molecule has 0 saturated heterocycles. The molecule has 1 aromatic rings. The summed E-state index contributed by atoms with van der Waals surface area (Å²) >= 11 is 0. The lowest BCUT2D eigenvalue weighted by atomic mass is 10.0. The molecular formula is C12H17F3N2. The third kappa shape index (κ3) is 4.26. The number of halogens is 3. The number of benzene rings is 1. The molecule has 0 bridgehead atoms. The topological polar surface area (TPSA) is 29.3 Å². The average Bonchev–Trinajstić information content (AvgIpc) is 2.18. The van der Waals surface area contributed by atoms with Gasteiger partial charge in [-0.2, -0.15) is 13.2 Å². The molecule has 0 aliphatic rings. The predicted octanol–water partition coefficient (Wildman–Crippen LogP) is 2.78. The molecule has 0 fully saturated rings. The fourth-order valence-corrected chi connectivity index (χ4v) is 1.66. The Bertz CT molecular complexity index is 373. The first kappa shape index (κ1) is 13.8. The van der Waals surface area contributed by atoms with Crippen LogP contribution in [0.1, 0.15) is 17.5 Å². The lowest BCUT2D eigenvalue weighted by Crippen LogP contribution is -2.15. The summed E-state index contributed by atoms with van der Waals surface area (Å²) in [6, 6.07) is 3.99. The van der Waals surface area contributed by atoms with E-state index in [-0.39, 0.29) is 5.69 Å². The van der Waals surface area contributed by atoms with E-state index < -0.39 is 11.7 Å². The standard InChI is InChI=1S/C12H17F3N2/c1-17(2)7-3-4-9-5-6-10(16)8-11(9)12(13,14)15/h5-6,8H,3-4,7,16H2,1-2H3. The molecular weight excluding hydrogens is 229 g/mol. The van der Waals surface area contributed by atoms with Crippen molar-refractivity contribution in [2.45, 2.75) is 19.0 Å². The van der Waals surface area contributed by atoms with Crippen molar-refractivity contribution in [1.29, 1.82) is 0 Å². The van der Waals surface area contributed by atoms with E-state index in [1.165, 1.54) is 12.1 Å². The Morgan fingerprint density at radius 1 is 1.24 bits per heavy atom. The Labute approximate surface area is 99.2 Å². The predicted molar refractivity (Wildman–Crippen MR) is 62.7 cm³/mol. The highest BCUT2D eigenvalue weighted by Gasteiger charge is 2.33. The Kier molecular flexibility index (Phi) is 4.40. The minimum absolute atomic E-state index is 0.147. The molecule has 0 aliphatic carbocycles. The molecule has 0 saturated carbocycles. The third-order valence-electron chi connectivity index (χ3n) is 2.49. The highest BCUT2D eigenvalue weighted by atomic mass is 19.4. The van der Waals surface area contributed by atoms with Crippen LogP contribution in [0, 0.1) is 0 Å². The Morgan fingerprint density at radius 3 is 2.41 bits per heavy atom. The summed E-state index contributed by atoms with van der Waals surface area (Å²) < 4.78 is 38.2. The Morgan fingerprint density at radius 2 is 1.88 bits per heavy atom. The van der Waals surface area contributed by atoms with Gasteiger partial charge in [-0.1, -0.05) is 6.07 Å². The second-order valence-corrected chi connectivity index (χ2v) is 4.32. The molecule has 17 heavy (non-hydrogen) atoms. The van der Waals surface area contributed by atoms with Crippen LogP contribution in [0.4, 0.5) is 18.9 Å². The summed E-state index contributed by atoms with van der Waals surface area (Å²) in [5, 5.41) is 0. The highest BCUT2D eigenvalue weighted by molar-refractivity contribution is 5.46. The number of nitrogens with zero attached hydrogens (tertiary/aromatic N) is 1. The quantitative estimate of drug-likeness (QED) is 0.828. The van der Waals surface area contributed by atoms with Gasteiger partial charge in [-0.05, 0) is 51.2 Å². The van der Waals surface area contributed by atoms with Crippen molar-refractivity contribution in [3.8, 4) is 0 Å². The number of hydrogen-bond acceptors (Lipinski definition) is 2. The van der Waals surface area contributed by atoms with Crippen molar-refractivity contribution in [2.24, 2.45) is 0 Å². The minimum atomic E-state index is -4.33. The maximum absolute atomic E-state index is 12.7. The first-order valence-electron chi connectivity index (χ1n) is 5.41. The van der Waals surface area contributed by atoms with Crippen molar-refractivity contribution in [3.05, 3.63) is 29.3 Å². The molecule has 5 heteroatoms. The molecule has 0 atom stereocenters. The Balaban J connectivity index is 2.84. The van der Waals surface area contributed by atoms with E-state index in [2.05, 4.69) is 0 Å². The van der Waals surface area contributed by atoms with E-state index in [0.717, 1.165) is 12.6 Å². The monoisotopic (exact) mass is 246 g/mol.